The van der Waals surface area contributed by atoms with Gasteiger partial charge in [-0.3, -0.25) is 9.59 Å². The molecule has 0 radical (unpaired) electrons. The number of thioether (sulfide) groups is 1. The second-order valence-corrected chi connectivity index (χ2v) is 6.66. The van der Waals surface area contributed by atoms with Gasteiger partial charge in [-0.2, -0.15) is 11.8 Å². The number of benzene rings is 1. The molecule has 2 aliphatic heterocycles. The van der Waals surface area contributed by atoms with Crippen molar-refractivity contribution in [2.24, 2.45) is 0 Å². The fourth-order valence-corrected chi connectivity index (χ4v) is 3.88. The summed E-state index contributed by atoms with van der Waals surface area (Å²) in [5, 5.41) is 3.34. The molecule has 2 aliphatic rings. The van der Waals surface area contributed by atoms with E-state index in [1.807, 2.05) is 34.9 Å². The number of fused-ring (bicyclic) bond motifs is 1. The van der Waals surface area contributed by atoms with Crippen LogP contribution in [0, 0.1) is 0 Å². The first-order chi connectivity index (χ1) is 9.67. The largest absolute Gasteiger partial charge is 0.337 e. The molecule has 4 nitrogen and oxygen atoms in total. The molecule has 2 amide bonds. The van der Waals surface area contributed by atoms with Gasteiger partial charge in [0.25, 0.3) is 5.91 Å². The molecule has 5 heteroatoms. The Balaban J connectivity index is 1.77. The highest BCUT2D eigenvalue weighted by Crippen LogP contribution is 2.26. The van der Waals surface area contributed by atoms with Crippen molar-refractivity contribution in [2.45, 2.75) is 25.0 Å². The second kappa shape index (κ2) is 5.48. The first-order valence-corrected chi connectivity index (χ1v) is 8.06. The van der Waals surface area contributed by atoms with Crippen molar-refractivity contribution in [3.8, 4) is 0 Å². The maximum atomic E-state index is 12.6. The smallest absolute Gasteiger partial charge is 0.253 e. The summed E-state index contributed by atoms with van der Waals surface area (Å²) in [7, 11) is 0. The molecule has 1 aromatic carbocycles. The van der Waals surface area contributed by atoms with Crippen LogP contribution < -0.4 is 5.32 Å². The van der Waals surface area contributed by atoms with Crippen LogP contribution >= 0.6 is 11.8 Å². The van der Waals surface area contributed by atoms with Crippen LogP contribution in [0.15, 0.2) is 18.2 Å². The third-order valence-electron chi connectivity index (χ3n) is 3.86. The van der Waals surface area contributed by atoms with Crippen molar-refractivity contribution in [3.63, 3.8) is 0 Å². The van der Waals surface area contributed by atoms with Gasteiger partial charge in [0.2, 0.25) is 5.91 Å². The van der Waals surface area contributed by atoms with Gasteiger partial charge < -0.3 is 10.2 Å². The van der Waals surface area contributed by atoms with Crippen molar-refractivity contribution < 1.29 is 9.59 Å². The van der Waals surface area contributed by atoms with Gasteiger partial charge in [0, 0.05) is 35.3 Å². The summed E-state index contributed by atoms with van der Waals surface area (Å²) in [5.41, 5.74) is 2.47. The fourth-order valence-electron chi connectivity index (χ4n) is 2.70. The van der Waals surface area contributed by atoms with E-state index in [1.165, 1.54) is 0 Å². The molecular formula is C15H18N2O2S. The van der Waals surface area contributed by atoms with Gasteiger partial charge in [0.1, 0.15) is 0 Å². The van der Waals surface area contributed by atoms with Crippen LogP contribution in [0.2, 0.25) is 0 Å². The van der Waals surface area contributed by atoms with Crippen molar-refractivity contribution in [1.82, 2.24) is 4.90 Å². The van der Waals surface area contributed by atoms with E-state index < -0.39 is 0 Å². The number of anilines is 1. The average molecular weight is 290 g/mol. The molecule has 0 bridgehead atoms. The quantitative estimate of drug-likeness (QED) is 0.908. The Morgan fingerprint density at radius 2 is 2.35 bits per heavy atom. The van der Waals surface area contributed by atoms with Crippen LogP contribution in [0.5, 0.6) is 0 Å². The van der Waals surface area contributed by atoms with Crippen LogP contribution in [0.1, 0.15) is 29.3 Å². The number of nitrogens with one attached hydrogen (secondary N) is 1. The molecule has 0 aromatic heterocycles. The minimum atomic E-state index is 0.00465. The van der Waals surface area contributed by atoms with Crippen molar-refractivity contribution in [2.75, 3.05) is 24.2 Å². The van der Waals surface area contributed by atoms with Gasteiger partial charge in [-0.1, -0.05) is 6.92 Å². The Hall–Kier alpha value is -1.49. The first kappa shape index (κ1) is 13.5. The lowest BCUT2D eigenvalue weighted by Gasteiger charge is -2.32. The molecule has 1 unspecified atom stereocenters. The monoisotopic (exact) mass is 290 g/mol. The number of nitrogens with zero attached hydrogens (tertiary/aromatic N) is 1. The average Bonchev–Trinajstić information content (AvgIpc) is 2.85. The summed E-state index contributed by atoms with van der Waals surface area (Å²) in [4.78, 5) is 25.9. The van der Waals surface area contributed by atoms with E-state index in [9.17, 15) is 9.59 Å². The maximum Gasteiger partial charge on any atom is 0.253 e. The zero-order chi connectivity index (χ0) is 14.1. The molecule has 106 valence electrons. The van der Waals surface area contributed by atoms with Crippen LogP contribution in [0.3, 0.4) is 0 Å². The SMILES string of the molecule is CCC1CN(C(=O)c2ccc3c(c2)CC(=O)N3)CCS1. The Labute approximate surface area is 122 Å². The summed E-state index contributed by atoms with van der Waals surface area (Å²) in [6, 6.07) is 5.51. The minimum Gasteiger partial charge on any atom is -0.337 e. The van der Waals surface area contributed by atoms with Crippen molar-refractivity contribution in [1.29, 1.82) is 0 Å². The van der Waals surface area contributed by atoms with Gasteiger partial charge in [-0.05, 0) is 30.2 Å². The second-order valence-electron chi connectivity index (χ2n) is 5.25. The number of rotatable bonds is 2. The predicted octanol–water partition coefficient (Wildman–Crippen LogP) is 2.15. The summed E-state index contributed by atoms with van der Waals surface area (Å²) in [6.07, 6.45) is 1.47. The summed E-state index contributed by atoms with van der Waals surface area (Å²) in [6.45, 7) is 3.81. The molecule has 1 aromatic rings. The maximum absolute atomic E-state index is 12.6. The molecule has 1 atom stereocenters. The predicted molar refractivity (Wildman–Crippen MR) is 81.2 cm³/mol. The van der Waals surface area contributed by atoms with Gasteiger partial charge in [0.05, 0.1) is 6.42 Å². The molecule has 20 heavy (non-hydrogen) atoms. The summed E-state index contributed by atoms with van der Waals surface area (Å²) in [5.74, 6) is 1.10. The molecule has 3 rings (SSSR count). The zero-order valence-corrected chi connectivity index (χ0v) is 12.3. The van der Waals surface area contributed by atoms with E-state index in [2.05, 4.69) is 12.2 Å². The Bertz CT molecular complexity index is 559. The summed E-state index contributed by atoms with van der Waals surface area (Å²) >= 11 is 1.95. The van der Waals surface area contributed by atoms with Crippen molar-refractivity contribution >= 4 is 29.3 Å². The highest BCUT2D eigenvalue weighted by Gasteiger charge is 2.25. The Kier molecular flexibility index (Phi) is 3.70. The lowest BCUT2D eigenvalue weighted by molar-refractivity contribution is -0.115. The normalized spacial score (nSPS) is 21.6. The van der Waals surface area contributed by atoms with Crippen LogP contribution in [0.25, 0.3) is 0 Å². The molecule has 0 aliphatic carbocycles. The Morgan fingerprint density at radius 3 is 3.15 bits per heavy atom. The molecule has 1 saturated heterocycles. The Morgan fingerprint density at radius 1 is 1.50 bits per heavy atom. The van der Waals surface area contributed by atoms with Crippen LogP contribution in [0.4, 0.5) is 5.69 Å². The molecule has 0 saturated carbocycles. The van der Waals surface area contributed by atoms with Crippen LogP contribution in [-0.4, -0.2) is 40.8 Å². The fraction of sp³-hybridized carbons (Fsp3) is 0.467. The third-order valence-corrected chi connectivity index (χ3v) is 5.23. The summed E-state index contributed by atoms with van der Waals surface area (Å²) < 4.78 is 0. The van der Waals surface area contributed by atoms with Crippen LogP contribution in [-0.2, 0) is 11.2 Å². The molecule has 1 N–H and O–H groups in total. The van der Waals surface area contributed by atoms with E-state index in [-0.39, 0.29) is 11.8 Å². The first-order valence-electron chi connectivity index (χ1n) is 7.01. The van der Waals surface area contributed by atoms with E-state index >= 15 is 0 Å². The van der Waals surface area contributed by atoms with Crippen molar-refractivity contribution in [3.05, 3.63) is 29.3 Å². The van der Waals surface area contributed by atoms with Gasteiger partial charge in [-0.25, -0.2) is 0 Å². The molecule has 1 fully saturated rings. The van der Waals surface area contributed by atoms with E-state index in [0.717, 1.165) is 36.5 Å². The minimum absolute atomic E-state index is 0.00465. The number of hydrogen-bond donors (Lipinski definition) is 1. The lowest BCUT2D eigenvalue weighted by Crippen LogP contribution is -2.41. The third kappa shape index (κ3) is 2.54. The number of carbonyl (C=O) groups is 2. The van der Waals surface area contributed by atoms with Gasteiger partial charge in [-0.15, -0.1) is 0 Å². The van der Waals surface area contributed by atoms with E-state index in [1.54, 1.807) is 0 Å². The standard InChI is InChI=1S/C15H18N2O2S/c1-2-12-9-17(5-6-20-12)15(19)10-3-4-13-11(7-10)8-14(18)16-13/h3-4,7,12H,2,5-6,8-9H2,1H3,(H,16,18). The zero-order valence-electron chi connectivity index (χ0n) is 11.5. The topological polar surface area (TPSA) is 49.4 Å². The number of amides is 2. The highest BCUT2D eigenvalue weighted by atomic mass is 32.2. The molecular weight excluding hydrogens is 272 g/mol. The molecule has 0 spiro atoms. The number of carbonyl (C=O) groups excluding carboxylic acids is 2. The van der Waals surface area contributed by atoms with E-state index in [0.29, 0.717) is 17.2 Å². The van der Waals surface area contributed by atoms with Gasteiger partial charge in [0.15, 0.2) is 0 Å². The highest BCUT2D eigenvalue weighted by molar-refractivity contribution is 8.00. The molecule has 2 heterocycles. The van der Waals surface area contributed by atoms with Gasteiger partial charge >= 0.3 is 0 Å². The van der Waals surface area contributed by atoms with E-state index in [4.69, 9.17) is 0 Å². The lowest BCUT2D eigenvalue weighted by atomic mass is 10.1. The number of hydrogen-bond acceptors (Lipinski definition) is 3.